The van der Waals surface area contributed by atoms with Gasteiger partial charge in [0.15, 0.2) is 12.1 Å². The Morgan fingerprint density at radius 1 is 1.11 bits per heavy atom. The van der Waals surface area contributed by atoms with Crippen LogP contribution in [0, 0.1) is 0 Å². The molecule has 4 aliphatic rings. The minimum Gasteiger partial charge on any atom is -0.507 e. The third kappa shape index (κ3) is 5.28. The Balaban J connectivity index is 1.42. The van der Waals surface area contributed by atoms with Gasteiger partial charge in [-0.3, -0.25) is 14.5 Å². The van der Waals surface area contributed by atoms with Crippen LogP contribution in [0.5, 0.6) is 17.2 Å². The number of ether oxygens (including phenoxy) is 4. The molecule has 0 spiro atoms. The highest BCUT2D eigenvalue weighted by molar-refractivity contribution is 6.31. The highest BCUT2D eigenvalue weighted by atomic mass is 16.7. The van der Waals surface area contributed by atoms with Crippen molar-refractivity contribution in [1.29, 1.82) is 0 Å². The van der Waals surface area contributed by atoms with Gasteiger partial charge in [0, 0.05) is 49.4 Å². The fraction of sp³-hybridized carbons (Fsp3) is 0.576. The van der Waals surface area contributed by atoms with Crippen molar-refractivity contribution in [2.24, 2.45) is 0 Å². The number of fused-ring (bicyclic) bond motifs is 3. The number of ketones is 2. The molecular formula is C33H41NO12. The maximum absolute atomic E-state index is 13.9. The van der Waals surface area contributed by atoms with Crippen molar-refractivity contribution >= 4 is 11.6 Å². The molecule has 2 aliphatic heterocycles. The number of phenols is 2. The van der Waals surface area contributed by atoms with E-state index < -0.39 is 83.9 Å². The average Bonchev–Trinajstić information content (AvgIpc) is 3.05. The van der Waals surface area contributed by atoms with Gasteiger partial charge in [-0.1, -0.05) is 12.1 Å². The second kappa shape index (κ2) is 12.5. The average molecular weight is 644 g/mol. The third-order valence-corrected chi connectivity index (χ3v) is 10.2. The van der Waals surface area contributed by atoms with E-state index in [1.54, 1.807) is 14.0 Å². The predicted octanol–water partition coefficient (Wildman–Crippen LogP) is 0.598. The predicted molar refractivity (Wildman–Crippen MR) is 160 cm³/mol. The molecule has 250 valence electrons. The highest BCUT2D eigenvalue weighted by Crippen LogP contribution is 2.53. The summed E-state index contributed by atoms with van der Waals surface area (Å²) in [6, 6.07) is 4.17. The van der Waals surface area contributed by atoms with E-state index in [-0.39, 0.29) is 52.5 Å². The number of benzene rings is 2. The molecule has 2 fully saturated rings. The Bertz CT molecular complexity index is 1530. The maximum Gasteiger partial charge on any atom is 0.202 e. The molecule has 0 amide bonds. The molecule has 0 aromatic heterocycles. The molecule has 6 rings (SSSR count). The number of morpholine rings is 1. The lowest BCUT2D eigenvalue weighted by molar-refractivity contribution is -0.201. The number of phenolic OH excluding ortho intramolecular Hbond substituents is 2. The Kier molecular flexibility index (Phi) is 8.89. The van der Waals surface area contributed by atoms with E-state index in [4.69, 9.17) is 18.9 Å². The molecule has 13 nitrogen and oxygen atoms in total. The van der Waals surface area contributed by atoms with Crippen molar-refractivity contribution in [3.8, 4) is 17.2 Å². The summed E-state index contributed by atoms with van der Waals surface area (Å²) in [6.07, 6.45) is -3.99. The summed E-state index contributed by atoms with van der Waals surface area (Å²) in [7, 11) is 2.91. The van der Waals surface area contributed by atoms with Crippen molar-refractivity contribution in [1.82, 2.24) is 4.90 Å². The summed E-state index contributed by atoms with van der Waals surface area (Å²) < 4.78 is 22.6. The summed E-state index contributed by atoms with van der Waals surface area (Å²) >= 11 is 0. The SMILES string of the molecule is COc1cccc2c1C(=O)c1c(O)c3c(c(O)c1C2=O)C[C@@](O)([C@@H](O)CO)C[C@@H]3C[C@H]1C[C@H](N2CCOC(OC)C2)[C@H](O)[C@H](C)O1. The lowest BCUT2D eigenvalue weighted by Gasteiger charge is -2.47. The van der Waals surface area contributed by atoms with Crippen LogP contribution in [0.25, 0.3) is 0 Å². The van der Waals surface area contributed by atoms with E-state index in [1.807, 2.05) is 0 Å². The molecule has 2 heterocycles. The molecule has 0 bridgehead atoms. The van der Waals surface area contributed by atoms with E-state index >= 15 is 0 Å². The second-order valence-electron chi connectivity index (χ2n) is 12.8. The van der Waals surface area contributed by atoms with Gasteiger partial charge in [-0.05, 0) is 38.2 Å². The minimum absolute atomic E-state index is 0.00229. The van der Waals surface area contributed by atoms with Crippen LogP contribution in [-0.4, -0.2) is 130 Å². The first-order valence-corrected chi connectivity index (χ1v) is 15.5. The first-order chi connectivity index (χ1) is 21.9. The molecule has 8 atom stereocenters. The highest BCUT2D eigenvalue weighted by Gasteiger charge is 2.50. The van der Waals surface area contributed by atoms with Crippen LogP contribution in [0.1, 0.15) is 75.1 Å². The summed E-state index contributed by atoms with van der Waals surface area (Å²) in [4.78, 5) is 29.7. The van der Waals surface area contributed by atoms with Gasteiger partial charge in [-0.2, -0.15) is 0 Å². The normalized spacial score (nSPS) is 32.0. The molecule has 6 N–H and O–H groups in total. The van der Waals surface area contributed by atoms with Gasteiger partial charge in [-0.25, -0.2) is 0 Å². The van der Waals surface area contributed by atoms with E-state index in [0.29, 0.717) is 26.1 Å². The molecule has 0 saturated carbocycles. The molecule has 0 radical (unpaired) electrons. The molecule has 2 aromatic rings. The lowest BCUT2D eigenvalue weighted by Crippen LogP contribution is -2.59. The Morgan fingerprint density at radius 3 is 2.54 bits per heavy atom. The third-order valence-electron chi connectivity index (χ3n) is 10.2. The fourth-order valence-electron chi connectivity index (χ4n) is 7.85. The van der Waals surface area contributed by atoms with Crippen LogP contribution in [0.15, 0.2) is 18.2 Å². The zero-order valence-corrected chi connectivity index (χ0v) is 26.0. The van der Waals surface area contributed by atoms with Gasteiger partial charge in [0.25, 0.3) is 0 Å². The number of rotatable bonds is 7. The molecule has 2 saturated heterocycles. The van der Waals surface area contributed by atoms with Crippen molar-refractivity contribution in [2.45, 2.75) is 80.9 Å². The van der Waals surface area contributed by atoms with Crippen molar-refractivity contribution in [2.75, 3.05) is 40.5 Å². The van der Waals surface area contributed by atoms with Gasteiger partial charge in [0.1, 0.15) is 23.4 Å². The quantitative estimate of drug-likeness (QED) is 0.196. The first kappa shape index (κ1) is 32.8. The molecular weight excluding hydrogens is 602 g/mol. The molecule has 1 unspecified atom stereocenters. The zero-order chi connectivity index (χ0) is 33.1. The van der Waals surface area contributed by atoms with Gasteiger partial charge in [0.2, 0.25) is 5.78 Å². The maximum atomic E-state index is 13.9. The van der Waals surface area contributed by atoms with E-state index in [9.17, 15) is 40.2 Å². The summed E-state index contributed by atoms with van der Waals surface area (Å²) in [5.41, 5.74) is -2.56. The Hall–Kier alpha value is -3.14. The zero-order valence-electron chi connectivity index (χ0n) is 26.0. The number of aliphatic hydroxyl groups excluding tert-OH is 3. The number of methoxy groups -OCH3 is 2. The van der Waals surface area contributed by atoms with Crippen molar-refractivity contribution < 1.29 is 59.2 Å². The Labute approximate surface area is 265 Å². The van der Waals surface area contributed by atoms with Crippen LogP contribution in [-0.2, 0) is 20.6 Å². The number of hydrogen-bond donors (Lipinski definition) is 6. The van der Waals surface area contributed by atoms with Crippen LogP contribution in [0.2, 0.25) is 0 Å². The number of carbonyl (C=O) groups is 2. The second-order valence-corrected chi connectivity index (χ2v) is 12.8. The largest absolute Gasteiger partial charge is 0.507 e. The fourth-order valence-corrected chi connectivity index (χ4v) is 7.85. The van der Waals surface area contributed by atoms with E-state index in [0.717, 1.165) is 0 Å². The van der Waals surface area contributed by atoms with Crippen molar-refractivity contribution in [3.05, 3.63) is 51.6 Å². The smallest absolute Gasteiger partial charge is 0.202 e. The molecule has 2 aliphatic carbocycles. The van der Waals surface area contributed by atoms with Crippen LogP contribution < -0.4 is 4.74 Å². The number of nitrogens with zero attached hydrogens (tertiary/aromatic N) is 1. The van der Waals surface area contributed by atoms with E-state index in [2.05, 4.69) is 4.90 Å². The summed E-state index contributed by atoms with van der Waals surface area (Å²) in [5, 5.41) is 66.8. The summed E-state index contributed by atoms with van der Waals surface area (Å²) in [5.74, 6) is -3.12. The van der Waals surface area contributed by atoms with Gasteiger partial charge < -0.3 is 49.6 Å². The molecule has 13 heteroatoms. The van der Waals surface area contributed by atoms with Crippen LogP contribution >= 0.6 is 0 Å². The first-order valence-electron chi connectivity index (χ1n) is 15.5. The van der Waals surface area contributed by atoms with Crippen LogP contribution in [0.4, 0.5) is 0 Å². The topological polar surface area (TPSA) is 196 Å². The number of hydrogen-bond acceptors (Lipinski definition) is 13. The van der Waals surface area contributed by atoms with Gasteiger partial charge in [-0.15, -0.1) is 0 Å². The van der Waals surface area contributed by atoms with E-state index in [1.165, 1.54) is 25.3 Å². The molecule has 46 heavy (non-hydrogen) atoms. The van der Waals surface area contributed by atoms with Crippen molar-refractivity contribution in [3.63, 3.8) is 0 Å². The van der Waals surface area contributed by atoms with Gasteiger partial charge >= 0.3 is 0 Å². The standard InChI is InChI=1S/C33H41NO12/c1-15-28(37)20(34-7-8-45-23(13-34)44-3)10-17(46-15)9-16-11-33(42,22(36)14-35)12-19-24(16)31(40)27-26(30(19)39)29(38)18-5-4-6-21(43-2)25(18)32(27)41/h4-6,15-17,20,22-23,28,35-37,39-40,42H,7-14H2,1-3H3/t15-,16-,17-,20-,22-,23?,28+,33+/m0/s1. The monoisotopic (exact) mass is 643 g/mol. The van der Waals surface area contributed by atoms with Crippen LogP contribution in [0.3, 0.4) is 0 Å². The minimum atomic E-state index is -1.94. The number of aliphatic hydroxyl groups is 4. The lowest BCUT2D eigenvalue weighted by atomic mass is 9.67. The number of carbonyl (C=O) groups excluding carboxylic acids is 2. The summed E-state index contributed by atoms with van der Waals surface area (Å²) in [6.45, 7) is 2.41. The Morgan fingerprint density at radius 2 is 1.85 bits per heavy atom. The van der Waals surface area contributed by atoms with Gasteiger partial charge in [0.05, 0.1) is 60.9 Å². The molecule has 2 aromatic carbocycles. The number of aromatic hydroxyl groups is 2.